The van der Waals surface area contributed by atoms with Crippen molar-refractivity contribution in [1.82, 2.24) is 15.0 Å². The molecule has 0 saturated carbocycles. The molecule has 4 aromatic rings. The Morgan fingerprint density at radius 2 is 1.58 bits per heavy atom. The van der Waals surface area contributed by atoms with Crippen LogP contribution in [0.2, 0.25) is 0 Å². The Labute approximate surface area is 158 Å². The number of nitrogens with zero attached hydrogens (tertiary/aromatic N) is 3. The van der Waals surface area contributed by atoms with Gasteiger partial charge in [0, 0.05) is 0 Å². The molecule has 0 bridgehead atoms. The zero-order chi connectivity index (χ0) is 17.8. The fourth-order valence-electron chi connectivity index (χ4n) is 2.63. The van der Waals surface area contributed by atoms with Crippen molar-refractivity contribution in [3.8, 4) is 22.7 Å². The van der Waals surface area contributed by atoms with Crippen molar-refractivity contribution < 1.29 is 4.74 Å². The summed E-state index contributed by atoms with van der Waals surface area (Å²) < 4.78 is 9.65. The third kappa shape index (κ3) is 3.54. The molecule has 0 saturated heterocycles. The molecule has 0 fully saturated rings. The number of methoxy groups -OCH3 is 1. The zero-order valence-corrected chi connectivity index (χ0v) is 16.0. The van der Waals surface area contributed by atoms with E-state index in [0.717, 1.165) is 22.7 Å². The summed E-state index contributed by atoms with van der Waals surface area (Å²) in [5.74, 6) is 0.876. The number of para-hydroxylation sites is 1. The van der Waals surface area contributed by atoms with Gasteiger partial charge in [-0.25, -0.2) is 0 Å². The summed E-state index contributed by atoms with van der Waals surface area (Å²) in [5, 5.41) is 8.69. The molecule has 0 atom stereocenters. The van der Waals surface area contributed by atoms with Gasteiger partial charge in [-0.3, -0.25) is 0 Å². The van der Waals surface area contributed by atoms with Crippen LogP contribution in [0.1, 0.15) is 0 Å². The van der Waals surface area contributed by atoms with Crippen LogP contribution in [0.4, 0.5) is 0 Å². The van der Waals surface area contributed by atoms with Crippen LogP contribution in [0.5, 0.6) is 5.75 Å². The van der Waals surface area contributed by atoms with Gasteiger partial charge in [0.05, 0.1) is 0 Å². The first-order valence-corrected chi connectivity index (χ1v) is 9.94. The van der Waals surface area contributed by atoms with E-state index in [1.54, 1.807) is 7.11 Å². The first kappa shape index (κ1) is 16.6. The maximum atomic E-state index is 5.24. The van der Waals surface area contributed by atoms with Gasteiger partial charge < -0.3 is 0 Å². The second-order valence-electron chi connectivity index (χ2n) is 5.66. The van der Waals surface area contributed by atoms with E-state index in [4.69, 9.17) is 4.74 Å². The molecule has 0 aliphatic heterocycles. The molecule has 0 spiro atoms. The standard InChI is InChI=1S/C21H17N3OSe/c1-25-17-11-13-18(14-12-17)26-21-10-6-5-9-20(21)24-15-19(22-23-24)16-7-3-2-4-8-16/h2-15H,1H3. The number of hydrogen-bond donors (Lipinski definition) is 0. The Morgan fingerprint density at radius 1 is 0.846 bits per heavy atom. The summed E-state index contributed by atoms with van der Waals surface area (Å²) in [6, 6.07) is 26.7. The van der Waals surface area contributed by atoms with Gasteiger partial charge in [0.2, 0.25) is 0 Å². The molecule has 0 unspecified atom stereocenters. The predicted octanol–water partition coefficient (Wildman–Crippen LogP) is 2.60. The minimum absolute atomic E-state index is 0.168. The zero-order valence-electron chi connectivity index (χ0n) is 14.2. The monoisotopic (exact) mass is 407 g/mol. The van der Waals surface area contributed by atoms with E-state index in [9.17, 15) is 0 Å². The molecule has 4 rings (SSSR count). The molecule has 26 heavy (non-hydrogen) atoms. The van der Waals surface area contributed by atoms with E-state index in [2.05, 4.69) is 40.6 Å². The number of rotatable bonds is 5. The van der Waals surface area contributed by atoms with Crippen LogP contribution < -0.4 is 13.7 Å². The Hall–Kier alpha value is -2.88. The summed E-state index contributed by atoms with van der Waals surface area (Å²) in [7, 11) is 1.69. The van der Waals surface area contributed by atoms with Crippen molar-refractivity contribution in [3.63, 3.8) is 0 Å². The van der Waals surface area contributed by atoms with Crippen molar-refractivity contribution >= 4 is 23.9 Å². The molecule has 5 heteroatoms. The van der Waals surface area contributed by atoms with Crippen molar-refractivity contribution in [2.75, 3.05) is 7.11 Å². The second kappa shape index (κ2) is 7.56. The Bertz CT molecular complexity index is 997. The molecule has 0 N–H and O–H groups in total. The molecule has 0 radical (unpaired) electrons. The van der Waals surface area contributed by atoms with Gasteiger partial charge in [-0.1, -0.05) is 0 Å². The Balaban J connectivity index is 1.64. The van der Waals surface area contributed by atoms with E-state index in [-0.39, 0.29) is 15.0 Å². The summed E-state index contributed by atoms with van der Waals surface area (Å²) in [5.41, 5.74) is 3.01. The van der Waals surface area contributed by atoms with Crippen molar-refractivity contribution in [2.45, 2.75) is 0 Å². The molecule has 0 amide bonds. The number of aromatic nitrogens is 3. The van der Waals surface area contributed by atoms with Crippen LogP contribution in [0.3, 0.4) is 0 Å². The fourth-order valence-corrected chi connectivity index (χ4v) is 4.60. The minimum atomic E-state index is 0.168. The summed E-state index contributed by atoms with van der Waals surface area (Å²) >= 11 is 0.168. The third-order valence-corrected chi connectivity index (χ3v) is 6.21. The van der Waals surface area contributed by atoms with Gasteiger partial charge in [0.1, 0.15) is 0 Å². The average Bonchev–Trinajstić information content (AvgIpc) is 3.20. The number of hydrogen-bond acceptors (Lipinski definition) is 3. The molecule has 0 aliphatic rings. The van der Waals surface area contributed by atoms with Crippen LogP contribution in [0.15, 0.2) is 85.1 Å². The molecule has 1 aromatic heterocycles. The van der Waals surface area contributed by atoms with Crippen LogP contribution in [0.25, 0.3) is 16.9 Å². The first-order chi connectivity index (χ1) is 12.8. The second-order valence-corrected chi connectivity index (χ2v) is 8.00. The van der Waals surface area contributed by atoms with Crippen LogP contribution in [-0.2, 0) is 0 Å². The van der Waals surface area contributed by atoms with Crippen LogP contribution >= 0.6 is 0 Å². The SMILES string of the molecule is COc1ccc([Se]c2ccccc2-n2cc(-c3ccccc3)nn2)cc1. The van der Waals surface area contributed by atoms with Gasteiger partial charge >= 0.3 is 158 Å². The van der Waals surface area contributed by atoms with Crippen molar-refractivity contribution in [2.24, 2.45) is 0 Å². The Kier molecular flexibility index (Phi) is 4.82. The third-order valence-electron chi connectivity index (χ3n) is 3.96. The quantitative estimate of drug-likeness (QED) is 0.479. The van der Waals surface area contributed by atoms with Crippen LogP contribution in [-0.4, -0.2) is 37.1 Å². The van der Waals surface area contributed by atoms with Gasteiger partial charge in [-0.05, 0) is 0 Å². The first-order valence-electron chi connectivity index (χ1n) is 8.22. The summed E-state index contributed by atoms with van der Waals surface area (Å²) in [4.78, 5) is 0. The van der Waals surface area contributed by atoms with E-state index >= 15 is 0 Å². The number of ether oxygens (including phenoxy) is 1. The van der Waals surface area contributed by atoms with E-state index in [1.807, 2.05) is 59.4 Å². The Morgan fingerprint density at radius 3 is 2.35 bits per heavy atom. The molecular formula is C21H17N3OSe. The van der Waals surface area contributed by atoms with Crippen LogP contribution in [0, 0.1) is 0 Å². The van der Waals surface area contributed by atoms with Crippen molar-refractivity contribution in [1.29, 1.82) is 0 Å². The summed E-state index contributed by atoms with van der Waals surface area (Å²) in [6.07, 6.45) is 1.98. The maximum absolute atomic E-state index is 5.24. The fraction of sp³-hybridized carbons (Fsp3) is 0.0476. The molecule has 128 valence electrons. The van der Waals surface area contributed by atoms with E-state index in [1.165, 1.54) is 8.92 Å². The van der Waals surface area contributed by atoms with E-state index < -0.39 is 0 Å². The topological polar surface area (TPSA) is 39.9 Å². The van der Waals surface area contributed by atoms with E-state index in [0.29, 0.717) is 0 Å². The normalized spacial score (nSPS) is 10.7. The van der Waals surface area contributed by atoms with Gasteiger partial charge in [0.15, 0.2) is 0 Å². The molecule has 4 nitrogen and oxygen atoms in total. The van der Waals surface area contributed by atoms with Gasteiger partial charge in [-0.15, -0.1) is 0 Å². The molecule has 1 heterocycles. The predicted molar refractivity (Wildman–Crippen MR) is 105 cm³/mol. The van der Waals surface area contributed by atoms with Gasteiger partial charge in [0.25, 0.3) is 0 Å². The van der Waals surface area contributed by atoms with Gasteiger partial charge in [-0.2, -0.15) is 0 Å². The molecule has 0 aliphatic carbocycles. The number of benzene rings is 3. The molecular weight excluding hydrogens is 389 g/mol. The summed E-state index contributed by atoms with van der Waals surface area (Å²) in [6.45, 7) is 0. The molecule has 3 aromatic carbocycles. The van der Waals surface area contributed by atoms with Crippen molar-refractivity contribution in [3.05, 3.63) is 85.1 Å². The average molecular weight is 406 g/mol.